The van der Waals surface area contributed by atoms with Gasteiger partial charge in [-0.15, -0.1) is 11.3 Å². The second kappa shape index (κ2) is 6.79. The van der Waals surface area contributed by atoms with E-state index in [9.17, 15) is 9.18 Å². The molecule has 2 aliphatic rings. The number of halogens is 1. The molecule has 0 bridgehead atoms. The van der Waals surface area contributed by atoms with E-state index in [-0.39, 0.29) is 17.1 Å². The molecule has 5 rings (SSSR count). The molecule has 0 unspecified atom stereocenters. The molecule has 2 aliphatic heterocycles. The molecule has 0 radical (unpaired) electrons. The molecular formula is C20H19FN4O2S. The number of aromatic nitrogens is 2. The average Bonchev–Trinajstić information content (AvgIpc) is 3.23. The number of ether oxygens (including phenoxy) is 1. The number of thiophene rings is 1. The van der Waals surface area contributed by atoms with Gasteiger partial charge in [0, 0.05) is 37.2 Å². The molecule has 0 N–H and O–H groups in total. The zero-order valence-corrected chi connectivity index (χ0v) is 16.0. The predicted octanol–water partition coefficient (Wildman–Crippen LogP) is 3.09. The highest BCUT2D eigenvalue weighted by Crippen LogP contribution is 2.39. The fourth-order valence-corrected chi connectivity index (χ4v) is 4.99. The molecule has 144 valence electrons. The topological polar surface area (TPSA) is 58.6 Å². The van der Waals surface area contributed by atoms with Gasteiger partial charge < -0.3 is 14.5 Å². The Bertz CT molecular complexity index is 1020. The van der Waals surface area contributed by atoms with E-state index in [2.05, 4.69) is 14.9 Å². The Morgan fingerprint density at radius 3 is 2.86 bits per heavy atom. The van der Waals surface area contributed by atoms with Crippen molar-refractivity contribution in [3.63, 3.8) is 0 Å². The first kappa shape index (κ1) is 17.5. The summed E-state index contributed by atoms with van der Waals surface area (Å²) in [5, 5.41) is 2.02. The Labute approximate surface area is 165 Å². The third-order valence-corrected chi connectivity index (χ3v) is 6.32. The first-order chi connectivity index (χ1) is 13.6. The Morgan fingerprint density at radius 2 is 2.00 bits per heavy atom. The summed E-state index contributed by atoms with van der Waals surface area (Å²) in [6.45, 7) is 3.05. The third-order valence-electron chi connectivity index (χ3n) is 5.42. The summed E-state index contributed by atoms with van der Waals surface area (Å²) in [6, 6.07) is 8.07. The van der Waals surface area contributed by atoms with E-state index in [4.69, 9.17) is 4.74 Å². The summed E-state index contributed by atoms with van der Waals surface area (Å²) in [4.78, 5) is 25.6. The van der Waals surface area contributed by atoms with Gasteiger partial charge in [0.05, 0.1) is 23.4 Å². The van der Waals surface area contributed by atoms with E-state index in [0.29, 0.717) is 32.7 Å². The molecule has 28 heavy (non-hydrogen) atoms. The maximum atomic E-state index is 13.3. The van der Waals surface area contributed by atoms with Crippen LogP contribution in [0.15, 0.2) is 42.0 Å². The fraction of sp³-hybridized carbons (Fsp3) is 0.350. The zero-order chi connectivity index (χ0) is 19.1. The largest absolute Gasteiger partial charge is 0.379 e. The van der Waals surface area contributed by atoms with E-state index in [1.807, 2.05) is 11.4 Å². The van der Waals surface area contributed by atoms with Crippen molar-refractivity contribution in [1.29, 1.82) is 0 Å². The molecule has 3 aromatic rings. The van der Waals surface area contributed by atoms with Crippen molar-refractivity contribution in [1.82, 2.24) is 9.97 Å². The Balaban J connectivity index is 1.45. The van der Waals surface area contributed by atoms with Crippen LogP contribution in [0.5, 0.6) is 0 Å². The van der Waals surface area contributed by atoms with E-state index in [1.54, 1.807) is 34.7 Å². The third kappa shape index (κ3) is 3.02. The number of fused-ring (bicyclic) bond motifs is 1. The smallest absolute Gasteiger partial charge is 0.227 e. The molecule has 8 heteroatoms. The van der Waals surface area contributed by atoms with Gasteiger partial charge in [0.2, 0.25) is 5.91 Å². The molecule has 0 saturated carbocycles. The van der Waals surface area contributed by atoms with E-state index >= 15 is 0 Å². The van der Waals surface area contributed by atoms with Crippen molar-refractivity contribution in [2.75, 3.05) is 42.6 Å². The first-order valence-electron chi connectivity index (χ1n) is 9.20. The minimum Gasteiger partial charge on any atom is -0.379 e. The Hall–Kier alpha value is -2.58. The highest BCUT2D eigenvalue weighted by Gasteiger charge is 2.46. The molecule has 1 spiro atoms. The lowest BCUT2D eigenvalue weighted by Gasteiger charge is -2.32. The van der Waals surface area contributed by atoms with Crippen molar-refractivity contribution >= 4 is 39.0 Å². The molecule has 1 atom stereocenters. The maximum Gasteiger partial charge on any atom is 0.227 e. The van der Waals surface area contributed by atoms with Crippen molar-refractivity contribution in [3.05, 3.63) is 47.9 Å². The van der Waals surface area contributed by atoms with Gasteiger partial charge in [-0.05, 0) is 35.7 Å². The molecular weight excluding hydrogens is 379 g/mol. The number of hydrogen-bond acceptors (Lipinski definition) is 6. The normalized spacial score (nSPS) is 23.0. The lowest BCUT2D eigenvalue weighted by Crippen LogP contribution is -2.41. The molecule has 2 aromatic heterocycles. The van der Waals surface area contributed by atoms with Crippen LogP contribution in [-0.4, -0.2) is 48.7 Å². The van der Waals surface area contributed by atoms with Gasteiger partial charge in [-0.1, -0.05) is 0 Å². The number of hydrogen-bond donors (Lipinski definition) is 0. The van der Waals surface area contributed by atoms with Gasteiger partial charge in [-0.2, -0.15) is 0 Å². The van der Waals surface area contributed by atoms with Crippen LogP contribution in [0.3, 0.4) is 0 Å². The summed E-state index contributed by atoms with van der Waals surface area (Å²) in [5.74, 6) is 0.636. The van der Waals surface area contributed by atoms with Crippen LogP contribution >= 0.6 is 11.3 Å². The average molecular weight is 398 g/mol. The number of nitrogens with zero attached hydrogens (tertiary/aromatic N) is 4. The number of carbonyl (C=O) groups excluding carboxylic acids is 1. The lowest BCUT2D eigenvalue weighted by molar-refractivity contribution is -0.118. The number of benzene rings is 1. The molecule has 6 nitrogen and oxygen atoms in total. The minimum atomic E-state index is -0.323. The van der Waals surface area contributed by atoms with Crippen LogP contribution in [-0.2, 0) is 9.53 Å². The van der Waals surface area contributed by atoms with Gasteiger partial charge in [0.25, 0.3) is 0 Å². The van der Waals surface area contributed by atoms with Crippen molar-refractivity contribution in [2.45, 2.75) is 6.42 Å². The fourth-order valence-electron chi connectivity index (χ4n) is 4.13. The first-order valence-corrected chi connectivity index (χ1v) is 10.1. The highest BCUT2D eigenvalue weighted by atomic mass is 32.1. The van der Waals surface area contributed by atoms with Gasteiger partial charge in [0.1, 0.15) is 18.0 Å². The van der Waals surface area contributed by atoms with E-state index in [0.717, 1.165) is 28.3 Å². The van der Waals surface area contributed by atoms with Crippen LogP contribution in [0, 0.1) is 11.2 Å². The van der Waals surface area contributed by atoms with Crippen LogP contribution in [0.1, 0.15) is 6.42 Å². The molecule has 0 aliphatic carbocycles. The summed E-state index contributed by atoms with van der Waals surface area (Å²) >= 11 is 1.62. The van der Waals surface area contributed by atoms with Crippen molar-refractivity contribution in [2.24, 2.45) is 5.41 Å². The molecule has 2 fully saturated rings. The van der Waals surface area contributed by atoms with Crippen molar-refractivity contribution < 1.29 is 13.9 Å². The molecule has 1 amide bonds. The quantitative estimate of drug-likeness (QED) is 0.664. The summed E-state index contributed by atoms with van der Waals surface area (Å²) < 4.78 is 20.2. The monoisotopic (exact) mass is 398 g/mol. The van der Waals surface area contributed by atoms with Gasteiger partial charge in [-0.25, -0.2) is 14.4 Å². The van der Waals surface area contributed by atoms with Crippen LogP contribution < -0.4 is 9.80 Å². The summed E-state index contributed by atoms with van der Waals surface area (Å²) in [6.07, 6.45) is 1.99. The van der Waals surface area contributed by atoms with E-state index in [1.165, 1.54) is 12.1 Å². The second-order valence-corrected chi connectivity index (χ2v) is 8.36. The number of anilines is 2. The van der Waals surface area contributed by atoms with E-state index < -0.39 is 0 Å². The summed E-state index contributed by atoms with van der Waals surface area (Å²) in [7, 11) is 0. The van der Waals surface area contributed by atoms with Crippen LogP contribution in [0.2, 0.25) is 0 Å². The van der Waals surface area contributed by atoms with Gasteiger partial charge in [-0.3, -0.25) is 4.79 Å². The zero-order valence-electron chi connectivity index (χ0n) is 15.2. The highest BCUT2D eigenvalue weighted by molar-refractivity contribution is 7.17. The van der Waals surface area contributed by atoms with Gasteiger partial charge >= 0.3 is 0 Å². The second-order valence-electron chi connectivity index (χ2n) is 7.44. The number of carbonyl (C=O) groups is 1. The lowest BCUT2D eigenvalue weighted by atomic mass is 9.87. The maximum absolute atomic E-state index is 13.3. The Morgan fingerprint density at radius 1 is 1.14 bits per heavy atom. The molecule has 2 saturated heterocycles. The standard InChI is InChI=1S/C20H19FN4O2S/c21-14-1-3-15(4-2-14)25-11-20(9-17(25)26)10-24(6-7-27-12-20)19-18-16(5-8-28-18)22-13-23-19/h1-5,8,13H,6-7,9-12H2/t20-/m1/s1. The number of amides is 1. The Kier molecular flexibility index (Phi) is 4.25. The van der Waals surface area contributed by atoms with Crippen LogP contribution in [0.25, 0.3) is 10.2 Å². The predicted molar refractivity (Wildman–Crippen MR) is 106 cm³/mol. The molecule has 4 heterocycles. The minimum absolute atomic E-state index is 0.0426. The SMILES string of the molecule is O=C1C[C@]2(COCCN(c3ncnc4ccsc34)C2)CN1c1ccc(F)cc1. The van der Waals surface area contributed by atoms with Gasteiger partial charge in [0.15, 0.2) is 0 Å². The summed E-state index contributed by atoms with van der Waals surface area (Å²) in [5.41, 5.74) is 1.34. The number of rotatable bonds is 2. The molecule has 1 aromatic carbocycles. The van der Waals surface area contributed by atoms with Crippen molar-refractivity contribution in [3.8, 4) is 0 Å². The van der Waals surface area contributed by atoms with Crippen LogP contribution in [0.4, 0.5) is 15.9 Å².